The summed E-state index contributed by atoms with van der Waals surface area (Å²) in [7, 11) is 0. The number of hydrogen-bond donors (Lipinski definition) is 2. The summed E-state index contributed by atoms with van der Waals surface area (Å²) >= 11 is 0. The average Bonchev–Trinajstić information content (AvgIpc) is 2.50. The largest absolute Gasteiger partial charge is 0.326 e. The molecule has 1 unspecified atom stereocenters. The molecule has 0 spiro atoms. The van der Waals surface area contributed by atoms with Gasteiger partial charge < -0.3 is 10.6 Å². The Labute approximate surface area is 139 Å². The van der Waals surface area contributed by atoms with Gasteiger partial charge in [0.2, 0.25) is 5.91 Å². The molecule has 4 heteroatoms. The third-order valence-electron chi connectivity index (χ3n) is 5.44. The van der Waals surface area contributed by atoms with Crippen LogP contribution in [-0.2, 0) is 11.3 Å². The minimum Gasteiger partial charge on any atom is -0.326 e. The van der Waals surface area contributed by atoms with E-state index in [1.807, 2.05) is 19.1 Å². The van der Waals surface area contributed by atoms with Crippen LogP contribution in [0, 0.1) is 17.8 Å². The molecule has 4 nitrogen and oxygen atoms in total. The zero-order chi connectivity index (χ0) is 16.2. The van der Waals surface area contributed by atoms with Crippen LogP contribution in [0.15, 0.2) is 24.3 Å². The maximum atomic E-state index is 12.2. The Kier molecular flexibility index (Phi) is 5.34. The molecule has 0 aliphatic carbocycles. The maximum Gasteiger partial charge on any atom is 0.227 e. The number of amides is 1. The lowest BCUT2D eigenvalue weighted by molar-refractivity contribution is -0.121. The average molecular weight is 315 g/mol. The molecule has 0 radical (unpaired) electrons. The van der Waals surface area contributed by atoms with E-state index in [0.717, 1.165) is 31.2 Å². The fourth-order valence-corrected chi connectivity index (χ4v) is 3.31. The molecule has 2 N–H and O–H groups in total. The van der Waals surface area contributed by atoms with Crippen LogP contribution in [0.1, 0.15) is 32.3 Å². The summed E-state index contributed by atoms with van der Waals surface area (Å²) in [5.74, 6) is 1.56. The minimum absolute atomic E-state index is 0.0752. The lowest BCUT2D eigenvalue weighted by Crippen LogP contribution is -2.48. The zero-order valence-electron chi connectivity index (χ0n) is 14.3. The third-order valence-corrected chi connectivity index (χ3v) is 5.44. The smallest absolute Gasteiger partial charge is 0.227 e. The monoisotopic (exact) mass is 315 g/mol. The fourth-order valence-electron chi connectivity index (χ4n) is 3.31. The van der Waals surface area contributed by atoms with E-state index in [9.17, 15) is 4.79 Å². The highest BCUT2D eigenvalue weighted by atomic mass is 16.1. The van der Waals surface area contributed by atoms with Crippen LogP contribution >= 0.6 is 0 Å². The number of hydrogen-bond acceptors (Lipinski definition) is 3. The molecule has 1 aromatic rings. The van der Waals surface area contributed by atoms with E-state index in [4.69, 9.17) is 0 Å². The van der Waals surface area contributed by atoms with Crippen molar-refractivity contribution >= 4 is 11.6 Å². The lowest BCUT2D eigenvalue weighted by atomic mass is 9.88. The quantitative estimate of drug-likeness (QED) is 0.878. The number of piperidine rings is 1. The summed E-state index contributed by atoms with van der Waals surface area (Å²) in [6.45, 7) is 9.70. The maximum absolute atomic E-state index is 12.2. The number of carbonyl (C=O) groups excluding carboxylic acids is 1. The van der Waals surface area contributed by atoms with Gasteiger partial charge >= 0.3 is 0 Å². The number of rotatable bonds is 5. The summed E-state index contributed by atoms with van der Waals surface area (Å²) in [6, 6.07) is 8.35. The number of benzene rings is 1. The van der Waals surface area contributed by atoms with E-state index in [1.54, 1.807) is 0 Å². The number of anilines is 1. The lowest BCUT2D eigenvalue weighted by Gasteiger charge is -2.31. The Balaban J connectivity index is 1.49. The van der Waals surface area contributed by atoms with Crippen molar-refractivity contribution < 1.29 is 4.79 Å². The zero-order valence-corrected chi connectivity index (χ0v) is 14.3. The molecule has 1 amide bonds. The third kappa shape index (κ3) is 4.33. The van der Waals surface area contributed by atoms with Crippen LogP contribution < -0.4 is 10.6 Å². The van der Waals surface area contributed by atoms with Crippen molar-refractivity contribution in [1.29, 1.82) is 0 Å². The molecule has 2 aliphatic heterocycles. The van der Waals surface area contributed by atoms with Crippen LogP contribution in [0.5, 0.6) is 0 Å². The molecule has 126 valence electrons. The molecular weight excluding hydrogens is 286 g/mol. The van der Waals surface area contributed by atoms with Crippen LogP contribution in [0.2, 0.25) is 0 Å². The summed E-state index contributed by atoms with van der Waals surface area (Å²) in [4.78, 5) is 14.8. The molecule has 3 rings (SSSR count). The Bertz CT molecular complexity index is 516. The van der Waals surface area contributed by atoms with E-state index < -0.39 is 0 Å². The predicted molar refractivity (Wildman–Crippen MR) is 94.3 cm³/mol. The Morgan fingerprint density at radius 2 is 1.91 bits per heavy atom. The number of nitrogens with zero attached hydrogens (tertiary/aromatic N) is 1. The highest BCUT2D eigenvalue weighted by Gasteiger charge is 2.28. The first-order valence-corrected chi connectivity index (χ1v) is 8.94. The van der Waals surface area contributed by atoms with Crippen molar-refractivity contribution in [2.45, 2.75) is 33.2 Å². The molecule has 2 heterocycles. The van der Waals surface area contributed by atoms with Crippen molar-refractivity contribution in [2.75, 3.05) is 31.5 Å². The van der Waals surface area contributed by atoms with E-state index in [-0.39, 0.29) is 11.8 Å². The first-order valence-electron chi connectivity index (χ1n) is 8.94. The molecule has 0 saturated carbocycles. The van der Waals surface area contributed by atoms with Gasteiger partial charge in [0.25, 0.3) is 0 Å². The summed E-state index contributed by atoms with van der Waals surface area (Å²) in [5.41, 5.74) is 2.24. The second kappa shape index (κ2) is 7.45. The molecule has 0 aromatic heterocycles. The van der Waals surface area contributed by atoms with Crippen LogP contribution in [0.25, 0.3) is 0 Å². The van der Waals surface area contributed by atoms with Gasteiger partial charge in [0.15, 0.2) is 0 Å². The van der Waals surface area contributed by atoms with Gasteiger partial charge in [-0.3, -0.25) is 9.69 Å². The SMILES string of the molecule is CC1CCN(Cc2ccc(NC(=O)C(C)C3CNC3)cc2)CC1. The number of nitrogens with one attached hydrogen (secondary N) is 2. The first kappa shape index (κ1) is 16.5. The first-order chi connectivity index (χ1) is 11.1. The van der Waals surface area contributed by atoms with E-state index in [0.29, 0.717) is 5.92 Å². The Morgan fingerprint density at radius 1 is 1.26 bits per heavy atom. The predicted octanol–water partition coefficient (Wildman–Crippen LogP) is 2.71. The van der Waals surface area contributed by atoms with Crippen molar-refractivity contribution in [3.8, 4) is 0 Å². The molecule has 2 saturated heterocycles. The van der Waals surface area contributed by atoms with Gasteiger partial charge in [-0.25, -0.2) is 0 Å². The van der Waals surface area contributed by atoms with Gasteiger partial charge in [-0.05, 0) is 68.6 Å². The minimum atomic E-state index is 0.0752. The molecule has 23 heavy (non-hydrogen) atoms. The molecular formula is C19H29N3O. The standard InChI is InChI=1S/C19H29N3O/c1-14-7-9-22(10-8-14)13-16-3-5-18(6-4-16)21-19(23)15(2)17-11-20-12-17/h3-6,14-15,17,20H,7-13H2,1-2H3,(H,21,23). The van der Waals surface area contributed by atoms with Gasteiger partial charge in [0.05, 0.1) is 0 Å². The van der Waals surface area contributed by atoms with E-state index in [2.05, 4.69) is 34.6 Å². The van der Waals surface area contributed by atoms with Gasteiger partial charge in [0.1, 0.15) is 0 Å². The van der Waals surface area contributed by atoms with Crippen molar-refractivity contribution in [2.24, 2.45) is 17.8 Å². The highest BCUT2D eigenvalue weighted by Crippen LogP contribution is 2.20. The van der Waals surface area contributed by atoms with Crippen LogP contribution in [-0.4, -0.2) is 37.0 Å². The van der Waals surface area contributed by atoms with Crippen LogP contribution in [0.3, 0.4) is 0 Å². The normalized spacial score (nSPS) is 21.7. The van der Waals surface area contributed by atoms with Gasteiger partial charge in [-0.1, -0.05) is 26.0 Å². The highest BCUT2D eigenvalue weighted by molar-refractivity contribution is 5.92. The molecule has 2 fully saturated rings. The fraction of sp³-hybridized carbons (Fsp3) is 0.632. The molecule has 1 aromatic carbocycles. The van der Waals surface area contributed by atoms with E-state index >= 15 is 0 Å². The topological polar surface area (TPSA) is 44.4 Å². The number of carbonyl (C=O) groups is 1. The Hall–Kier alpha value is -1.39. The van der Waals surface area contributed by atoms with Gasteiger partial charge in [-0.15, -0.1) is 0 Å². The Morgan fingerprint density at radius 3 is 2.48 bits per heavy atom. The van der Waals surface area contributed by atoms with Gasteiger partial charge in [-0.2, -0.15) is 0 Å². The molecule has 2 aliphatic rings. The van der Waals surface area contributed by atoms with E-state index in [1.165, 1.54) is 31.5 Å². The molecule has 1 atom stereocenters. The molecule has 0 bridgehead atoms. The summed E-state index contributed by atoms with van der Waals surface area (Å²) in [5, 5.41) is 6.27. The van der Waals surface area contributed by atoms with Crippen molar-refractivity contribution in [3.05, 3.63) is 29.8 Å². The second-order valence-corrected chi connectivity index (χ2v) is 7.35. The summed E-state index contributed by atoms with van der Waals surface area (Å²) < 4.78 is 0. The van der Waals surface area contributed by atoms with Crippen molar-refractivity contribution in [1.82, 2.24) is 10.2 Å². The van der Waals surface area contributed by atoms with Crippen molar-refractivity contribution in [3.63, 3.8) is 0 Å². The number of likely N-dealkylation sites (tertiary alicyclic amines) is 1. The second-order valence-electron chi connectivity index (χ2n) is 7.35. The van der Waals surface area contributed by atoms with Gasteiger partial charge in [0, 0.05) is 18.2 Å². The summed E-state index contributed by atoms with van der Waals surface area (Å²) in [6.07, 6.45) is 2.62. The van der Waals surface area contributed by atoms with Crippen LogP contribution in [0.4, 0.5) is 5.69 Å².